The zero-order valence-corrected chi connectivity index (χ0v) is 9.74. The van der Waals surface area contributed by atoms with Gasteiger partial charge in [0.2, 0.25) is 5.89 Å². The van der Waals surface area contributed by atoms with E-state index in [1.54, 1.807) is 0 Å². The van der Waals surface area contributed by atoms with Crippen LogP contribution in [0.3, 0.4) is 0 Å². The van der Waals surface area contributed by atoms with Crippen molar-refractivity contribution in [2.24, 2.45) is 0 Å². The lowest BCUT2D eigenvalue weighted by atomic mass is 9.98. The molecule has 100 valence electrons. The highest BCUT2D eigenvalue weighted by Crippen LogP contribution is 2.33. The quantitative estimate of drug-likeness (QED) is 0.910. The maximum absolute atomic E-state index is 12.4. The summed E-state index contributed by atoms with van der Waals surface area (Å²) in [6.45, 7) is 0.656. The third kappa shape index (κ3) is 2.27. The Morgan fingerprint density at radius 3 is 2.84 bits per heavy atom. The minimum absolute atomic E-state index is 0.0100. The molecule has 1 aromatic carbocycles. The van der Waals surface area contributed by atoms with Crippen LogP contribution in [0.15, 0.2) is 28.8 Å². The number of hydrogen-bond acceptors (Lipinski definition) is 4. The summed E-state index contributed by atoms with van der Waals surface area (Å²) in [5, 5.41) is 6.15. The van der Waals surface area contributed by atoms with E-state index in [9.17, 15) is 13.2 Å². The Morgan fingerprint density at radius 2 is 2.11 bits per heavy atom. The van der Waals surface area contributed by atoms with E-state index >= 15 is 0 Å². The molecule has 1 aliphatic heterocycles. The molecule has 0 saturated carbocycles. The second-order valence-corrected chi connectivity index (χ2v) is 4.38. The van der Waals surface area contributed by atoms with Crippen molar-refractivity contribution in [2.45, 2.75) is 18.5 Å². The van der Waals surface area contributed by atoms with Gasteiger partial charge in [-0.2, -0.15) is 18.2 Å². The van der Waals surface area contributed by atoms with Crippen LogP contribution in [0.25, 0.3) is 0 Å². The number of para-hydroxylation sites is 1. The molecule has 19 heavy (non-hydrogen) atoms. The fourth-order valence-corrected chi connectivity index (χ4v) is 2.20. The number of aromatic nitrogens is 2. The normalized spacial score (nSPS) is 18.2. The number of benzene rings is 1. The van der Waals surface area contributed by atoms with Crippen molar-refractivity contribution in [1.29, 1.82) is 0 Å². The highest BCUT2D eigenvalue weighted by atomic mass is 19.4. The number of halogens is 3. The molecule has 0 amide bonds. The molecule has 2 aromatic rings. The maximum atomic E-state index is 12.4. The predicted molar refractivity (Wildman–Crippen MR) is 60.7 cm³/mol. The van der Waals surface area contributed by atoms with E-state index < -0.39 is 12.0 Å². The Bertz CT molecular complexity index is 594. The summed E-state index contributed by atoms with van der Waals surface area (Å²) in [5.41, 5.74) is 2.07. The van der Waals surface area contributed by atoms with Crippen LogP contribution in [0, 0.1) is 0 Å². The summed E-state index contributed by atoms with van der Waals surface area (Å²) in [4.78, 5) is 3.39. The van der Waals surface area contributed by atoms with Gasteiger partial charge in [0.05, 0.1) is 0 Å². The van der Waals surface area contributed by atoms with Crippen LogP contribution in [-0.2, 0) is 12.6 Å². The van der Waals surface area contributed by atoms with Crippen LogP contribution in [0.1, 0.15) is 23.2 Å². The summed E-state index contributed by atoms with van der Waals surface area (Å²) in [6, 6.07) is 7.68. The van der Waals surface area contributed by atoms with Crippen molar-refractivity contribution in [3.63, 3.8) is 0 Å². The Kier molecular flexibility index (Phi) is 2.69. The van der Waals surface area contributed by atoms with E-state index in [-0.39, 0.29) is 11.8 Å². The SMILES string of the molecule is FC(F)(F)c1noc(CC2CNc3ccccc32)n1. The van der Waals surface area contributed by atoms with Crippen LogP contribution in [-0.4, -0.2) is 16.7 Å². The van der Waals surface area contributed by atoms with Gasteiger partial charge >= 0.3 is 6.18 Å². The molecule has 2 heterocycles. The zero-order chi connectivity index (χ0) is 13.5. The summed E-state index contributed by atoms with van der Waals surface area (Å²) in [6.07, 6.45) is -4.26. The van der Waals surface area contributed by atoms with Crippen molar-refractivity contribution in [3.8, 4) is 0 Å². The van der Waals surface area contributed by atoms with E-state index in [1.807, 2.05) is 24.3 Å². The number of nitrogens with one attached hydrogen (secondary N) is 1. The molecule has 1 N–H and O–H groups in total. The number of rotatable bonds is 2. The average molecular weight is 269 g/mol. The summed E-state index contributed by atoms with van der Waals surface area (Å²) >= 11 is 0. The smallest absolute Gasteiger partial charge is 0.384 e. The number of fused-ring (bicyclic) bond motifs is 1. The second kappa shape index (κ2) is 4.25. The minimum atomic E-state index is -4.56. The standard InChI is InChI=1S/C12H10F3N3O/c13-12(14,15)11-17-10(19-18-11)5-7-6-16-9-4-2-1-3-8(7)9/h1-4,7,16H,5-6H2. The van der Waals surface area contributed by atoms with Crippen LogP contribution < -0.4 is 5.32 Å². The van der Waals surface area contributed by atoms with E-state index in [0.29, 0.717) is 13.0 Å². The zero-order valence-electron chi connectivity index (χ0n) is 9.74. The Balaban J connectivity index is 1.78. The van der Waals surface area contributed by atoms with Crippen molar-refractivity contribution in [3.05, 3.63) is 41.5 Å². The molecule has 0 spiro atoms. The van der Waals surface area contributed by atoms with Gasteiger partial charge < -0.3 is 9.84 Å². The predicted octanol–water partition coefficient (Wildman–Crippen LogP) is 2.84. The van der Waals surface area contributed by atoms with Gasteiger partial charge in [-0.1, -0.05) is 23.4 Å². The molecule has 0 radical (unpaired) electrons. The molecule has 0 saturated heterocycles. The Hall–Kier alpha value is -2.05. The maximum Gasteiger partial charge on any atom is 0.455 e. The summed E-state index contributed by atoms with van der Waals surface area (Å²) in [5.74, 6) is -1.16. The van der Waals surface area contributed by atoms with Crippen LogP contribution in [0.2, 0.25) is 0 Å². The van der Waals surface area contributed by atoms with Gasteiger partial charge in [0.1, 0.15) is 0 Å². The third-order valence-electron chi connectivity index (χ3n) is 3.08. The average Bonchev–Trinajstić information content (AvgIpc) is 2.97. The molecule has 1 atom stereocenters. The first-order chi connectivity index (χ1) is 9.04. The number of alkyl halides is 3. The number of nitrogens with zero attached hydrogens (tertiary/aromatic N) is 2. The van der Waals surface area contributed by atoms with Gasteiger partial charge in [-0.3, -0.25) is 0 Å². The molecule has 1 unspecified atom stereocenters. The van der Waals surface area contributed by atoms with Crippen LogP contribution in [0.5, 0.6) is 0 Å². The topological polar surface area (TPSA) is 51.0 Å². The van der Waals surface area contributed by atoms with Gasteiger partial charge in [-0.15, -0.1) is 0 Å². The summed E-state index contributed by atoms with van der Waals surface area (Å²) < 4.78 is 41.7. The Morgan fingerprint density at radius 1 is 1.32 bits per heavy atom. The van der Waals surface area contributed by atoms with E-state index in [4.69, 9.17) is 0 Å². The molecule has 0 fully saturated rings. The molecular formula is C12H10F3N3O. The summed E-state index contributed by atoms with van der Waals surface area (Å²) in [7, 11) is 0. The van der Waals surface area contributed by atoms with Crippen LogP contribution >= 0.6 is 0 Å². The van der Waals surface area contributed by atoms with Gasteiger partial charge in [0.15, 0.2) is 0 Å². The van der Waals surface area contributed by atoms with Gasteiger partial charge in [0.25, 0.3) is 5.82 Å². The molecule has 3 rings (SSSR count). The monoisotopic (exact) mass is 269 g/mol. The van der Waals surface area contributed by atoms with Gasteiger partial charge in [0, 0.05) is 24.6 Å². The highest BCUT2D eigenvalue weighted by molar-refractivity contribution is 5.57. The molecule has 0 bridgehead atoms. The molecule has 0 aliphatic carbocycles. The van der Waals surface area contributed by atoms with Gasteiger partial charge in [-0.05, 0) is 11.6 Å². The molecule has 4 nitrogen and oxygen atoms in total. The van der Waals surface area contributed by atoms with Crippen molar-refractivity contribution >= 4 is 5.69 Å². The molecule has 1 aliphatic rings. The number of anilines is 1. The first-order valence-corrected chi connectivity index (χ1v) is 5.76. The first-order valence-electron chi connectivity index (χ1n) is 5.76. The van der Waals surface area contributed by atoms with Crippen molar-refractivity contribution in [1.82, 2.24) is 10.1 Å². The molecular weight excluding hydrogens is 259 g/mol. The lowest BCUT2D eigenvalue weighted by Gasteiger charge is -2.05. The second-order valence-electron chi connectivity index (χ2n) is 4.38. The van der Waals surface area contributed by atoms with Crippen LogP contribution in [0.4, 0.5) is 18.9 Å². The van der Waals surface area contributed by atoms with E-state index in [1.165, 1.54) is 0 Å². The lowest BCUT2D eigenvalue weighted by molar-refractivity contribution is -0.146. The fourth-order valence-electron chi connectivity index (χ4n) is 2.20. The largest absolute Gasteiger partial charge is 0.455 e. The molecule has 7 heteroatoms. The minimum Gasteiger partial charge on any atom is -0.384 e. The Labute approximate surface area is 106 Å². The van der Waals surface area contributed by atoms with Gasteiger partial charge in [-0.25, -0.2) is 0 Å². The fraction of sp³-hybridized carbons (Fsp3) is 0.333. The first kappa shape index (κ1) is 12.0. The van der Waals surface area contributed by atoms with E-state index in [2.05, 4.69) is 20.0 Å². The molecule has 1 aromatic heterocycles. The third-order valence-corrected chi connectivity index (χ3v) is 3.08. The lowest BCUT2D eigenvalue weighted by Crippen LogP contribution is -2.09. The van der Waals surface area contributed by atoms with Crippen molar-refractivity contribution < 1.29 is 17.7 Å². The number of hydrogen-bond donors (Lipinski definition) is 1. The highest BCUT2D eigenvalue weighted by Gasteiger charge is 2.37. The van der Waals surface area contributed by atoms with Crippen molar-refractivity contribution in [2.75, 3.05) is 11.9 Å². The van der Waals surface area contributed by atoms with E-state index in [0.717, 1.165) is 11.3 Å².